The first-order valence-electron chi connectivity index (χ1n) is 10.6. The Morgan fingerprint density at radius 2 is 1.82 bits per heavy atom. The molecule has 33 heavy (non-hydrogen) atoms. The van der Waals surface area contributed by atoms with Gasteiger partial charge < -0.3 is 24.8 Å². The van der Waals surface area contributed by atoms with Crippen molar-refractivity contribution < 1.29 is 29.6 Å². The average molecular weight is 450 g/mol. The molecule has 172 valence electrons. The second-order valence-corrected chi connectivity index (χ2v) is 8.48. The zero-order valence-electron chi connectivity index (χ0n) is 18.7. The first kappa shape index (κ1) is 22.8. The van der Waals surface area contributed by atoms with E-state index in [4.69, 9.17) is 9.47 Å². The molecule has 2 fully saturated rings. The lowest BCUT2D eigenvalue weighted by atomic mass is 9.70. The number of hydrogen-bond donors (Lipinski definition) is 3. The molecule has 7 nitrogen and oxygen atoms in total. The minimum absolute atomic E-state index is 0.148. The molecule has 4 rings (SSSR count). The SMILES string of the molecule is C=N/C=C1/O[C@@]2(c3ccc(C)cc3)[C@H](c3ccccc3)[C@@H](C(=O)O)[C@@H](O)[C@@]2(O)/C1=C(/C)OC. The standard InChI is InChI=1S/C26H27NO6/c1-15-10-12-18(13-11-15)26-22(17-8-6-5-7-9-17)20(24(29)30)23(28)25(26,31)21(16(2)32-4)19(33-26)14-27-3/h5-14,20,22-23,28,31H,3H2,1-2,4H3,(H,29,30)/b19-14+,21-16-/t20-,22-,23-,25+,26+/m1/s1. The van der Waals surface area contributed by atoms with Gasteiger partial charge in [0.05, 0.1) is 24.8 Å². The number of carbonyl (C=O) groups is 1. The van der Waals surface area contributed by atoms with Gasteiger partial charge in [-0.1, -0.05) is 60.2 Å². The maximum absolute atomic E-state index is 12.5. The Labute approximate surface area is 192 Å². The summed E-state index contributed by atoms with van der Waals surface area (Å²) in [6, 6.07) is 16.2. The average Bonchev–Trinajstić information content (AvgIpc) is 3.17. The number of nitrogens with zero attached hydrogens (tertiary/aromatic N) is 1. The normalized spacial score (nSPS) is 33.4. The van der Waals surface area contributed by atoms with Crippen LogP contribution in [0.4, 0.5) is 0 Å². The third-order valence-corrected chi connectivity index (χ3v) is 6.82. The third-order valence-electron chi connectivity index (χ3n) is 6.82. The van der Waals surface area contributed by atoms with Crippen molar-refractivity contribution in [3.8, 4) is 0 Å². The Kier molecular flexibility index (Phi) is 5.64. The predicted octanol–water partition coefficient (Wildman–Crippen LogP) is 3.27. The second-order valence-electron chi connectivity index (χ2n) is 8.48. The van der Waals surface area contributed by atoms with Crippen LogP contribution in [0, 0.1) is 12.8 Å². The lowest BCUT2D eigenvalue weighted by Crippen LogP contribution is -2.53. The molecule has 0 aromatic heterocycles. The molecule has 1 saturated heterocycles. The molecule has 1 aliphatic carbocycles. The van der Waals surface area contributed by atoms with E-state index in [1.807, 2.05) is 25.1 Å². The van der Waals surface area contributed by atoms with Gasteiger partial charge in [0.1, 0.15) is 17.6 Å². The summed E-state index contributed by atoms with van der Waals surface area (Å²) in [6.45, 7) is 7.05. The van der Waals surface area contributed by atoms with Gasteiger partial charge >= 0.3 is 5.97 Å². The van der Waals surface area contributed by atoms with Gasteiger partial charge in [0.25, 0.3) is 0 Å². The van der Waals surface area contributed by atoms with Crippen LogP contribution in [0.2, 0.25) is 0 Å². The number of carboxylic acids is 1. The van der Waals surface area contributed by atoms with Gasteiger partial charge in [-0.05, 0) is 31.7 Å². The number of rotatable bonds is 5. The number of fused-ring (bicyclic) bond motifs is 1. The van der Waals surface area contributed by atoms with Crippen LogP contribution in [0.1, 0.15) is 29.5 Å². The highest BCUT2D eigenvalue weighted by atomic mass is 16.5. The van der Waals surface area contributed by atoms with Gasteiger partial charge in [-0.15, -0.1) is 0 Å². The van der Waals surface area contributed by atoms with E-state index in [1.165, 1.54) is 13.3 Å². The molecule has 0 spiro atoms. The van der Waals surface area contributed by atoms with Crippen molar-refractivity contribution in [1.29, 1.82) is 0 Å². The first-order valence-corrected chi connectivity index (χ1v) is 10.6. The zero-order chi connectivity index (χ0) is 24.0. The molecule has 1 saturated carbocycles. The molecule has 0 radical (unpaired) electrons. The van der Waals surface area contributed by atoms with Crippen molar-refractivity contribution in [1.82, 2.24) is 0 Å². The number of aliphatic imine (C=N–C) groups is 1. The molecule has 7 heteroatoms. The van der Waals surface area contributed by atoms with Crippen LogP contribution in [0.25, 0.3) is 0 Å². The lowest BCUT2D eigenvalue weighted by Gasteiger charge is -2.40. The molecular weight excluding hydrogens is 422 g/mol. The number of benzene rings is 2. The summed E-state index contributed by atoms with van der Waals surface area (Å²) < 4.78 is 12.0. The summed E-state index contributed by atoms with van der Waals surface area (Å²) in [7, 11) is 1.43. The largest absolute Gasteiger partial charge is 0.501 e. The maximum atomic E-state index is 12.5. The van der Waals surface area contributed by atoms with E-state index >= 15 is 0 Å². The first-order chi connectivity index (χ1) is 15.7. The Balaban J connectivity index is 2.16. The van der Waals surface area contributed by atoms with Crippen molar-refractivity contribution >= 4 is 12.7 Å². The number of aliphatic hydroxyl groups is 2. The topological polar surface area (TPSA) is 109 Å². The summed E-state index contributed by atoms with van der Waals surface area (Å²) in [4.78, 5) is 16.4. The van der Waals surface area contributed by atoms with E-state index in [2.05, 4.69) is 11.7 Å². The summed E-state index contributed by atoms with van der Waals surface area (Å²) in [6.07, 6.45) is -0.369. The van der Waals surface area contributed by atoms with Crippen LogP contribution in [0.3, 0.4) is 0 Å². The van der Waals surface area contributed by atoms with Crippen molar-refractivity contribution in [2.75, 3.05) is 7.11 Å². The van der Waals surface area contributed by atoms with E-state index in [-0.39, 0.29) is 17.1 Å². The van der Waals surface area contributed by atoms with Gasteiger partial charge in [0, 0.05) is 5.92 Å². The quantitative estimate of drug-likeness (QED) is 0.478. The second kappa shape index (κ2) is 8.17. The summed E-state index contributed by atoms with van der Waals surface area (Å²) in [5.41, 5.74) is -1.55. The molecule has 2 aromatic carbocycles. The van der Waals surface area contributed by atoms with E-state index in [0.717, 1.165) is 5.56 Å². The van der Waals surface area contributed by atoms with Crippen LogP contribution in [0.5, 0.6) is 0 Å². The number of allylic oxidation sites excluding steroid dienone is 1. The van der Waals surface area contributed by atoms with Gasteiger partial charge in [-0.25, -0.2) is 0 Å². The number of carboxylic acid groups (broad SMARTS) is 1. The predicted molar refractivity (Wildman–Crippen MR) is 123 cm³/mol. The number of hydrogen-bond acceptors (Lipinski definition) is 6. The number of aliphatic hydroxyl groups excluding tert-OH is 1. The van der Waals surface area contributed by atoms with Crippen LogP contribution in [-0.2, 0) is 19.9 Å². The Morgan fingerprint density at radius 3 is 2.36 bits per heavy atom. The molecule has 2 aliphatic rings. The fourth-order valence-electron chi connectivity index (χ4n) is 5.40. The maximum Gasteiger partial charge on any atom is 0.310 e. The van der Waals surface area contributed by atoms with E-state index in [1.54, 1.807) is 43.3 Å². The number of aryl methyl sites for hydroxylation is 1. The minimum Gasteiger partial charge on any atom is -0.501 e. The zero-order valence-corrected chi connectivity index (χ0v) is 18.7. The fourth-order valence-corrected chi connectivity index (χ4v) is 5.40. The van der Waals surface area contributed by atoms with E-state index < -0.39 is 35.1 Å². The Bertz CT molecular complexity index is 1140. The number of ether oxygens (including phenoxy) is 2. The lowest BCUT2D eigenvalue weighted by molar-refractivity contribution is -0.149. The van der Waals surface area contributed by atoms with Gasteiger partial charge in [0.2, 0.25) is 0 Å². The van der Waals surface area contributed by atoms with Gasteiger partial charge in [-0.3, -0.25) is 9.79 Å². The van der Waals surface area contributed by atoms with Crippen molar-refractivity contribution in [3.05, 3.63) is 94.6 Å². The highest BCUT2D eigenvalue weighted by molar-refractivity contribution is 5.76. The highest BCUT2D eigenvalue weighted by Crippen LogP contribution is 2.68. The molecule has 0 amide bonds. The molecule has 1 aliphatic heterocycles. The molecule has 0 unspecified atom stereocenters. The van der Waals surface area contributed by atoms with Crippen LogP contribution in [0.15, 0.2) is 82.9 Å². The molecular formula is C26H27NO6. The van der Waals surface area contributed by atoms with Crippen LogP contribution >= 0.6 is 0 Å². The monoisotopic (exact) mass is 449 g/mol. The molecule has 0 bridgehead atoms. The Hall–Kier alpha value is -3.42. The van der Waals surface area contributed by atoms with E-state index in [0.29, 0.717) is 11.1 Å². The van der Waals surface area contributed by atoms with Gasteiger partial charge in [0.15, 0.2) is 11.2 Å². The number of methoxy groups -OCH3 is 1. The molecule has 2 aromatic rings. The molecule has 5 atom stereocenters. The van der Waals surface area contributed by atoms with Gasteiger partial charge in [-0.2, -0.15) is 0 Å². The highest BCUT2D eigenvalue weighted by Gasteiger charge is 2.79. The van der Waals surface area contributed by atoms with E-state index in [9.17, 15) is 20.1 Å². The fraction of sp³-hybridized carbons (Fsp3) is 0.308. The van der Waals surface area contributed by atoms with Crippen molar-refractivity contribution in [2.24, 2.45) is 10.9 Å². The molecule has 3 N–H and O–H groups in total. The Morgan fingerprint density at radius 1 is 1.18 bits per heavy atom. The smallest absolute Gasteiger partial charge is 0.310 e. The number of aliphatic carboxylic acids is 1. The minimum atomic E-state index is -2.15. The third kappa shape index (κ3) is 3.03. The van der Waals surface area contributed by atoms with Crippen LogP contribution < -0.4 is 0 Å². The summed E-state index contributed by atoms with van der Waals surface area (Å²) in [5.74, 6) is -3.10. The van der Waals surface area contributed by atoms with Crippen molar-refractivity contribution in [3.63, 3.8) is 0 Å². The summed E-state index contributed by atoms with van der Waals surface area (Å²) >= 11 is 0. The van der Waals surface area contributed by atoms with Crippen LogP contribution in [-0.4, -0.2) is 46.8 Å². The molecule has 1 heterocycles. The van der Waals surface area contributed by atoms with Crippen molar-refractivity contribution in [2.45, 2.75) is 37.1 Å². The summed E-state index contributed by atoms with van der Waals surface area (Å²) in [5, 5.41) is 34.2.